The number of anilines is 1. The molecule has 0 amide bonds. The second-order valence-electron chi connectivity index (χ2n) is 3.71. The second kappa shape index (κ2) is 5.44. The fraction of sp³-hybridized carbons (Fsp3) is 0. The van der Waals surface area contributed by atoms with Crippen LogP contribution in [0.3, 0.4) is 0 Å². The molecule has 0 atom stereocenters. The van der Waals surface area contributed by atoms with Crippen LogP contribution in [0.2, 0.25) is 0 Å². The van der Waals surface area contributed by atoms with Gasteiger partial charge in [0, 0.05) is 10.6 Å². The van der Waals surface area contributed by atoms with Crippen molar-refractivity contribution >= 4 is 38.6 Å². The number of rotatable bonds is 4. The fourth-order valence-electron chi connectivity index (χ4n) is 1.67. The molecule has 108 valence electrons. The highest BCUT2D eigenvalue weighted by molar-refractivity contribution is 7.94. The molecule has 3 N–H and O–H groups in total. The van der Waals surface area contributed by atoms with E-state index in [0.717, 1.165) is 12.1 Å². The van der Waals surface area contributed by atoms with Crippen LogP contribution < -0.4 is 10.8 Å². The van der Waals surface area contributed by atoms with Crippen molar-refractivity contribution < 1.29 is 32.7 Å². The Morgan fingerprint density at radius 1 is 1.25 bits per heavy atom. The molecule has 0 aromatic heterocycles. The third kappa shape index (κ3) is 2.95. The van der Waals surface area contributed by atoms with Crippen molar-refractivity contribution in [2.45, 2.75) is 9.79 Å². The summed E-state index contributed by atoms with van der Waals surface area (Å²) < 4.78 is 37.3. The number of hydrogen-bond donors (Lipinski definition) is 2. The highest BCUT2D eigenvalue weighted by Gasteiger charge is 2.10. The molecular weight excluding hydrogens is 310 g/mol. The van der Waals surface area contributed by atoms with Crippen LogP contribution in [0.4, 0.5) is 5.69 Å². The molecule has 0 saturated heterocycles. The number of fused-ring (bicyclic) bond motifs is 1. The van der Waals surface area contributed by atoms with E-state index in [1.54, 1.807) is 0 Å². The maximum Gasteiger partial charge on any atom is 0.126 e. The highest BCUT2D eigenvalue weighted by Crippen LogP contribution is 2.34. The molecular formula is C10H7NO7S2-2. The Labute approximate surface area is 117 Å². The Balaban J connectivity index is 2.65. The second-order valence-corrected chi connectivity index (χ2v) is 5.83. The summed E-state index contributed by atoms with van der Waals surface area (Å²) in [5, 5.41) is 23.6. The zero-order valence-electron chi connectivity index (χ0n) is 9.60. The molecule has 0 radical (unpaired) electrons. The van der Waals surface area contributed by atoms with E-state index in [0.29, 0.717) is 12.0 Å². The van der Waals surface area contributed by atoms with E-state index in [1.807, 2.05) is 0 Å². The summed E-state index contributed by atoms with van der Waals surface area (Å²) >= 11 is 0.536. The molecule has 0 bridgehead atoms. The maximum atomic E-state index is 11.8. The first-order valence-corrected chi connectivity index (χ1v) is 7.13. The van der Waals surface area contributed by atoms with E-state index >= 15 is 0 Å². The van der Waals surface area contributed by atoms with Gasteiger partial charge in [0.2, 0.25) is 0 Å². The predicted octanol–water partition coefficient (Wildman–Crippen LogP) is 0.828. The summed E-state index contributed by atoms with van der Waals surface area (Å²) in [6, 6.07) is 4.70. The first-order chi connectivity index (χ1) is 9.32. The van der Waals surface area contributed by atoms with Crippen molar-refractivity contribution in [3.63, 3.8) is 0 Å². The number of nitrogen functional groups attached to an aromatic ring is 1. The van der Waals surface area contributed by atoms with Crippen LogP contribution in [-0.4, -0.2) is 18.2 Å². The van der Waals surface area contributed by atoms with Crippen molar-refractivity contribution in [1.82, 2.24) is 0 Å². The van der Waals surface area contributed by atoms with E-state index in [2.05, 4.69) is 9.37 Å². The summed E-state index contributed by atoms with van der Waals surface area (Å²) in [6.07, 6.45) is 0. The van der Waals surface area contributed by atoms with E-state index in [4.69, 9.17) is 11.0 Å². The topological polar surface area (TPSA) is 145 Å². The van der Waals surface area contributed by atoms with Crippen LogP contribution in [0.1, 0.15) is 0 Å². The Morgan fingerprint density at radius 3 is 2.55 bits per heavy atom. The van der Waals surface area contributed by atoms with Gasteiger partial charge < -0.3 is 15.4 Å². The van der Waals surface area contributed by atoms with Gasteiger partial charge in [0.15, 0.2) is 0 Å². The molecule has 20 heavy (non-hydrogen) atoms. The highest BCUT2D eigenvalue weighted by atomic mass is 32.2. The molecule has 0 aliphatic carbocycles. The zero-order chi connectivity index (χ0) is 14.9. The smallest absolute Gasteiger partial charge is 0.126 e. The van der Waals surface area contributed by atoms with Gasteiger partial charge in [0.25, 0.3) is 0 Å². The predicted molar refractivity (Wildman–Crippen MR) is 66.4 cm³/mol. The first kappa shape index (κ1) is 14.8. The molecule has 0 spiro atoms. The van der Waals surface area contributed by atoms with Crippen molar-refractivity contribution in [2.24, 2.45) is 0 Å². The molecule has 0 unspecified atom stereocenters. The molecule has 0 aliphatic heterocycles. The average Bonchev–Trinajstić information content (AvgIpc) is 2.35. The Kier molecular flexibility index (Phi) is 4.04. The maximum absolute atomic E-state index is 11.8. The summed E-state index contributed by atoms with van der Waals surface area (Å²) in [5.74, 6) is -0.451. The number of hydrogen-bond acceptors (Lipinski definition) is 9. The summed E-state index contributed by atoms with van der Waals surface area (Å²) in [5.41, 5.74) is 5.17. The van der Waals surface area contributed by atoms with Gasteiger partial charge in [0.05, 0.1) is 16.9 Å². The van der Waals surface area contributed by atoms with Crippen LogP contribution >= 0.6 is 12.0 Å². The number of benzene rings is 2. The molecule has 0 fully saturated rings. The van der Waals surface area contributed by atoms with Gasteiger partial charge in [-0.05, 0) is 29.0 Å². The van der Waals surface area contributed by atoms with Gasteiger partial charge in [-0.25, -0.2) is 13.7 Å². The van der Waals surface area contributed by atoms with Crippen LogP contribution in [0.25, 0.3) is 10.8 Å². The van der Waals surface area contributed by atoms with Crippen LogP contribution in [0.15, 0.2) is 34.1 Å². The van der Waals surface area contributed by atoms with Crippen LogP contribution in [0.5, 0.6) is 5.75 Å². The summed E-state index contributed by atoms with van der Waals surface area (Å²) in [4.78, 5) is -0.360. The molecule has 8 nitrogen and oxygen atoms in total. The largest absolute Gasteiger partial charge is 0.872 e. The Morgan fingerprint density at radius 2 is 1.95 bits per heavy atom. The number of nitrogens with two attached hydrogens (primary N) is 1. The zero-order valence-corrected chi connectivity index (χ0v) is 11.2. The summed E-state index contributed by atoms with van der Waals surface area (Å²) in [7, 11) is -4.75. The molecule has 0 heterocycles. The van der Waals surface area contributed by atoms with Gasteiger partial charge in [-0.2, -0.15) is 0 Å². The Bertz CT molecular complexity index is 760. The van der Waals surface area contributed by atoms with Gasteiger partial charge in [0.1, 0.15) is 10.1 Å². The lowest BCUT2D eigenvalue weighted by atomic mass is 10.1. The third-order valence-corrected chi connectivity index (χ3v) is 3.90. The van der Waals surface area contributed by atoms with Gasteiger partial charge in [-0.3, -0.25) is 0 Å². The quantitative estimate of drug-likeness (QED) is 0.275. The van der Waals surface area contributed by atoms with Gasteiger partial charge in [-0.1, -0.05) is 16.9 Å². The minimum atomic E-state index is -4.75. The Hall–Kier alpha value is -1.56. The first-order valence-electron chi connectivity index (χ1n) is 4.98. The van der Waals surface area contributed by atoms with Crippen LogP contribution in [-0.2, 0) is 19.5 Å². The molecule has 2 aromatic carbocycles. The van der Waals surface area contributed by atoms with E-state index in [-0.39, 0.29) is 21.4 Å². The van der Waals surface area contributed by atoms with Gasteiger partial charge in [-0.15, -0.1) is 4.33 Å². The van der Waals surface area contributed by atoms with Gasteiger partial charge >= 0.3 is 0 Å². The molecule has 0 saturated carbocycles. The van der Waals surface area contributed by atoms with E-state index < -0.39 is 20.8 Å². The lowest BCUT2D eigenvalue weighted by Crippen LogP contribution is -2.04. The lowest BCUT2D eigenvalue weighted by Gasteiger charge is -2.16. The lowest BCUT2D eigenvalue weighted by molar-refractivity contribution is -0.432. The SMILES string of the molecule is Nc1cc2c([O-])cc(SOOO)cc2cc1S(=O)(=O)[O-]. The molecule has 10 heteroatoms. The minimum absolute atomic E-state index is 0.157. The van der Waals surface area contributed by atoms with E-state index in [9.17, 15) is 18.1 Å². The normalized spacial score (nSPS) is 11.9. The van der Waals surface area contributed by atoms with Crippen molar-refractivity contribution in [3.8, 4) is 5.75 Å². The third-order valence-electron chi connectivity index (χ3n) is 2.45. The van der Waals surface area contributed by atoms with Crippen molar-refractivity contribution in [1.29, 1.82) is 0 Å². The molecule has 2 aromatic rings. The fourth-order valence-corrected chi connectivity index (χ4v) is 2.72. The summed E-state index contributed by atoms with van der Waals surface area (Å²) in [6.45, 7) is 0. The average molecular weight is 317 g/mol. The van der Waals surface area contributed by atoms with Crippen molar-refractivity contribution in [2.75, 3.05) is 5.73 Å². The minimum Gasteiger partial charge on any atom is -0.872 e. The molecule has 0 aliphatic rings. The van der Waals surface area contributed by atoms with E-state index in [1.165, 1.54) is 12.1 Å². The standard InChI is InChI=1S/C10H9NO7S2/c11-8-4-7-5(2-10(8)20(14,15)16)1-6(3-9(7)12)19-18-17-13/h1-4,12-13H,11H2,(H,14,15,16)/p-2. The van der Waals surface area contributed by atoms with Crippen LogP contribution in [0, 0.1) is 0 Å². The van der Waals surface area contributed by atoms with Crippen molar-refractivity contribution in [3.05, 3.63) is 24.3 Å². The monoisotopic (exact) mass is 317 g/mol. The molecule has 2 rings (SSSR count).